The van der Waals surface area contributed by atoms with Crippen LogP contribution in [0.15, 0.2) is 0 Å². The van der Waals surface area contributed by atoms with Crippen molar-refractivity contribution in [1.29, 1.82) is 0 Å². The lowest BCUT2D eigenvalue weighted by molar-refractivity contribution is -0.138. The van der Waals surface area contributed by atoms with E-state index >= 15 is 0 Å². The minimum absolute atomic E-state index is 0.274. The van der Waals surface area contributed by atoms with Gasteiger partial charge in [0.05, 0.1) is 0 Å². The van der Waals surface area contributed by atoms with E-state index < -0.39 is 11.5 Å². The first kappa shape index (κ1) is 17.8. The SMILES string of the molecule is CCN1CCC(CNC(=O)N(CC(=O)O)C(C)(C)C)CC1. The number of carbonyl (C=O) groups excluding carboxylic acids is 1. The Bertz CT molecular complexity index is 358. The first-order valence-electron chi connectivity index (χ1n) is 7.73. The average Bonchev–Trinajstić information content (AvgIpc) is 2.41. The fourth-order valence-corrected chi connectivity index (χ4v) is 2.58. The lowest BCUT2D eigenvalue weighted by Gasteiger charge is -2.35. The van der Waals surface area contributed by atoms with Crippen LogP contribution in [0.3, 0.4) is 0 Å². The van der Waals surface area contributed by atoms with E-state index in [1.807, 2.05) is 20.8 Å². The molecule has 6 nitrogen and oxygen atoms in total. The van der Waals surface area contributed by atoms with Crippen LogP contribution in [0, 0.1) is 5.92 Å². The van der Waals surface area contributed by atoms with Gasteiger partial charge in [-0.15, -0.1) is 0 Å². The van der Waals surface area contributed by atoms with Crippen LogP contribution >= 0.6 is 0 Å². The molecule has 0 aliphatic carbocycles. The summed E-state index contributed by atoms with van der Waals surface area (Å²) in [5.74, 6) is -0.500. The van der Waals surface area contributed by atoms with Gasteiger partial charge in [0.15, 0.2) is 0 Å². The molecule has 21 heavy (non-hydrogen) atoms. The molecule has 0 aromatic carbocycles. The predicted molar refractivity (Wildman–Crippen MR) is 82.3 cm³/mol. The topological polar surface area (TPSA) is 72.9 Å². The van der Waals surface area contributed by atoms with Gasteiger partial charge in [-0.05, 0) is 59.2 Å². The zero-order chi connectivity index (χ0) is 16.0. The number of likely N-dealkylation sites (tertiary alicyclic amines) is 1. The van der Waals surface area contributed by atoms with Crippen molar-refractivity contribution < 1.29 is 14.7 Å². The van der Waals surface area contributed by atoms with Gasteiger partial charge in [-0.25, -0.2) is 4.79 Å². The molecule has 0 atom stereocenters. The molecule has 0 spiro atoms. The van der Waals surface area contributed by atoms with Gasteiger partial charge < -0.3 is 20.2 Å². The molecule has 1 rings (SSSR count). The van der Waals surface area contributed by atoms with Crippen LogP contribution < -0.4 is 5.32 Å². The smallest absolute Gasteiger partial charge is 0.323 e. The number of carbonyl (C=O) groups is 2. The Morgan fingerprint density at radius 3 is 2.29 bits per heavy atom. The van der Waals surface area contributed by atoms with E-state index in [1.54, 1.807) is 0 Å². The zero-order valence-corrected chi connectivity index (χ0v) is 13.7. The summed E-state index contributed by atoms with van der Waals surface area (Å²) in [5.41, 5.74) is -0.506. The van der Waals surface area contributed by atoms with Gasteiger partial charge in [-0.2, -0.15) is 0 Å². The van der Waals surface area contributed by atoms with Crippen LogP contribution in [-0.4, -0.2) is 65.2 Å². The van der Waals surface area contributed by atoms with E-state index in [0.29, 0.717) is 12.5 Å². The zero-order valence-electron chi connectivity index (χ0n) is 13.7. The third kappa shape index (κ3) is 5.91. The molecular weight excluding hydrogens is 270 g/mol. The summed E-state index contributed by atoms with van der Waals surface area (Å²) in [7, 11) is 0. The highest BCUT2D eigenvalue weighted by Crippen LogP contribution is 2.17. The molecule has 2 amide bonds. The van der Waals surface area contributed by atoms with Crippen LogP contribution in [0.1, 0.15) is 40.5 Å². The number of carboxylic acid groups (broad SMARTS) is 1. The molecule has 1 aliphatic rings. The summed E-state index contributed by atoms with van der Waals surface area (Å²) in [4.78, 5) is 26.9. The normalized spacial score (nSPS) is 17.5. The molecule has 0 bridgehead atoms. The van der Waals surface area contributed by atoms with Crippen molar-refractivity contribution in [3.8, 4) is 0 Å². The van der Waals surface area contributed by atoms with E-state index in [-0.39, 0.29) is 12.6 Å². The summed E-state index contributed by atoms with van der Waals surface area (Å²) in [6.07, 6.45) is 2.17. The van der Waals surface area contributed by atoms with Crippen LogP contribution in [0.2, 0.25) is 0 Å². The molecule has 6 heteroatoms. The number of nitrogens with zero attached hydrogens (tertiary/aromatic N) is 2. The molecule has 0 radical (unpaired) electrons. The molecule has 0 unspecified atom stereocenters. The maximum Gasteiger partial charge on any atom is 0.323 e. The second-order valence-corrected chi connectivity index (χ2v) is 6.71. The third-order valence-corrected chi connectivity index (χ3v) is 4.04. The van der Waals surface area contributed by atoms with E-state index in [1.165, 1.54) is 4.90 Å². The van der Waals surface area contributed by atoms with Gasteiger partial charge in [0.1, 0.15) is 6.54 Å². The molecular formula is C15H29N3O3. The number of carboxylic acids is 1. The number of hydrogen-bond acceptors (Lipinski definition) is 3. The Morgan fingerprint density at radius 2 is 1.86 bits per heavy atom. The van der Waals surface area contributed by atoms with E-state index in [2.05, 4.69) is 17.1 Å². The van der Waals surface area contributed by atoms with Crippen molar-refractivity contribution in [1.82, 2.24) is 15.1 Å². The maximum atomic E-state index is 12.2. The minimum Gasteiger partial charge on any atom is -0.480 e. The Morgan fingerprint density at radius 1 is 1.29 bits per heavy atom. The number of rotatable bonds is 5. The molecule has 122 valence electrons. The quantitative estimate of drug-likeness (QED) is 0.809. The molecule has 0 aromatic heterocycles. The van der Waals surface area contributed by atoms with Crippen molar-refractivity contribution in [3.05, 3.63) is 0 Å². The number of piperidine rings is 1. The molecule has 0 saturated carbocycles. The Hall–Kier alpha value is -1.30. The van der Waals surface area contributed by atoms with Crippen molar-refractivity contribution in [2.24, 2.45) is 5.92 Å². The Balaban J connectivity index is 2.45. The summed E-state index contributed by atoms with van der Waals surface area (Å²) < 4.78 is 0. The highest BCUT2D eigenvalue weighted by Gasteiger charge is 2.29. The Labute approximate surface area is 127 Å². The first-order valence-corrected chi connectivity index (χ1v) is 7.73. The van der Waals surface area contributed by atoms with Gasteiger partial charge in [-0.1, -0.05) is 6.92 Å². The summed E-state index contributed by atoms with van der Waals surface area (Å²) in [6.45, 7) is 11.3. The number of aliphatic carboxylic acids is 1. The third-order valence-electron chi connectivity index (χ3n) is 4.04. The van der Waals surface area contributed by atoms with Crippen molar-refractivity contribution in [3.63, 3.8) is 0 Å². The average molecular weight is 299 g/mol. The fourth-order valence-electron chi connectivity index (χ4n) is 2.58. The molecule has 1 aliphatic heterocycles. The molecule has 2 N–H and O–H groups in total. The lowest BCUT2D eigenvalue weighted by Crippen LogP contribution is -2.53. The van der Waals surface area contributed by atoms with Crippen molar-refractivity contribution in [2.45, 2.75) is 46.1 Å². The Kier molecular flexibility index (Phi) is 6.45. The van der Waals surface area contributed by atoms with Gasteiger partial charge in [-0.3, -0.25) is 4.79 Å². The van der Waals surface area contributed by atoms with Crippen LogP contribution in [0.25, 0.3) is 0 Å². The number of nitrogens with one attached hydrogen (secondary N) is 1. The molecule has 1 heterocycles. The lowest BCUT2D eigenvalue weighted by atomic mass is 9.97. The van der Waals surface area contributed by atoms with Gasteiger partial charge in [0.25, 0.3) is 0 Å². The number of urea groups is 1. The second kappa shape index (κ2) is 7.64. The van der Waals surface area contributed by atoms with Crippen LogP contribution in [-0.2, 0) is 4.79 Å². The van der Waals surface area contributed by atoms with Crippen molar-refractivity contribution in [2.75, 3.05) is 32.7 Å². The minimum atomic E-state index is -0.990. The second-order valence-electron chi connectivity index (χ2n) is 6.71. The van der Waals surface area contributed by atoms with Gasteiger partial charge in [0, 0.05) is 12.1 Å². The number of amides is 2. The largest absolute Gasteiger partial charge is 0.480 e. The van der Waals surface area contributed by atoms with E-state index in [9.17, 15) is 9.59 Å². The van der Waals surface area contributed by atoms with E-state index in [0.717, 1.165) is 32.5 Å². The number of hydrogen-bond donors (Lipinski definition) is 2. The first-order chi connectivity index (χ1) is 9.74. The van der Waals surface area contributed by atoms with Crippen LogP contribution in [0.4, 0.5) is 4.79 Å². The van der Waals surface area contributed by atoms with Gasteiger partial charge >= 0.3 is 12.0 Å². The van der Waals surface area contributed by atoms with E-state index in [4.69, 9.17) is 5.11 Å². The summed E-state index contributed by atoms with van der Waals surface area (Å²) in [6, 6.07) is -0.289. The highest BCUT2D eigenvalue weighted by molar-refractivity contribution is 5.80. The highest BCUT2D eigenvalue weighted by atomic mass is 16.4. The fraction of sp³-hybridized carbons (Fsp3) is 0.867. The summed E-state index contributed by atoms with van der Waals surface area (Å²) in [5, 5.41) is 11.8. The molecule has 1 saturated heterocycles. The molecule has 1 fully saturated rings. The van der Waals surface area contributed by atoms with Crippen molar-refractivity contribution >= 4 is 12.0 Å². The standard InChI is InChI=1S/C15H29N3O3/c1-5-17-8-6-12(7-9-17)10-16-14(21)18(11-13(19)20)15(2,3)4/h12H,5-11H2,1-4H3,(H,16,21)(H,19,20). The summed E-state index contributed by atoms with van der Waals surface area (Å²) >= 11 is 0. The monoisotopic (exact) mass is 299 g/mol. The molecule has 0 aromatic rings. The predicted octanol–water partition coefficient (Wildman–Crippen LogP) is 1.61. The van der Waals surface area contributed by atoms with Gasteiger partial charge in [0.2, 0.25) is 0 Å². The maximum absolute atomic E-state index is 12.2. The van der Waals surface area contributed by atoms with Crippen LogP contribution in [0.5, 0.6) is 0 Å².